The van der Waals surface area contributed by atoms with Gasteiger partial charge in [0, 0.05) is 13.1 Å². The molecule has 4 heteroatoms. The largest absolute Gasteiger partial charge is 0.397 e. The van der Waals surface area contributed by atoms with Crippen molar-refractivity contribution >= 4 is 17.4 Å². The molecule has 1 heterocycles. The van der Waals surface area contributed by atoms with Gasteiger partial charge in [-0.3, -0.25) is 0 Å². The number of piperidine rings is 1. The van der Waals surface area contributed by atoms with Crippen molar-refractivity contribution in [2.45, 2.75) is 33.6 Å². The maximum absolute atomic E-state index is 12.3. The van der Waals surface area contributed by atoms with Crippen LogP contribution in [0.1, 0.15) is 30.9 Å². The second-order valence-corrected chi connectivity index (χ2v) is 5.60. The standard InChI is InChI=1S/C15H23N3O/c1-10-5-4-8-18(9-10)15(19)17-14-12(3)11(2)6-7-13(14)16/h6-7,10H,4-5,8-9,16H2,1-3H3,(H,17,19). The van der Waals surface area contributed by atoms with Crippen molar-refractivity contribution < 1.29 is 4.79 Å². The van der Waals surface area contributed by atoms with Gasteiger partial charge in [0.25, 0.3) is 0 Å². The Bertz CT molecular complexity index is 485. The van der Waals surface area contributed by atoms with Crippen molar-refractivity contribution in [1.82, 2.24) is 4.90 Å². The molecule has 1 unspecified atom stereocenters. The van der Waals surface area contributed by atoms with E-state index < -0.39 is 0 Å². The Morgan fingerprint density at radius 2 is 2.16 bits per heavy atom. The summed E-state index contributed by atoms with van der Waals surface area (Å²) < 4.78 is 0. The Balaban J connectivity index is 2.13. The highest BCUT2D eigenvalue weighted by molar-refractivity contribution is 5.94. The van der Waals surface area contributed by atoms with Crippen LogP contribution in [-0.4, -0.2) is 24.0 Å². The summed E-state index contributed by atoms with van der Waals surface area (Å²) in [6, 6.07) is 3.78. The first-order valence-corrected chi connectivity index (χ1v) is 6.90. The van der Waals surface area contributed by atoms with Gasteiger partial charge in [-0.15, -0.1) is 0 Å². The smallest absolute Gasteiger partial charge is 0.321 e. The SMILES string of the molecule is Cc1ccc(N)c(NC(=O)N2CCCC(C)C2)c1C. The Labute approximate surface area is 115 Å². The van der Waals surface area contributed by atoms with Crippen LogP contribution in [0.2, 0.25) is 0 Å². The van der Waals surface area contributed by atoms with Gasteiger partial charge in [-0.05, 0) is 49.8 Å². The van der Waals surface area contributed by atoms with E-state index in [1.54, 1.807) is 0 Å². The van der Waals surface area contributed by atoms with Gasteiger partial charge >= 0.3 is 6.03 Å². The van der Waals surface area contributed by atoms with Crippen LogP contribution in [0.15, 0.2) is 12.1 Å². The zero-order valence-electron chi connectivity index (χ0n) is 12.0. The highest BCUT2D eigenvalue weighted by Crippen LogP contribution is 2.26. The van der Waals surface area contributed by atoms with Gasteiger partial charge in [-0.25, -0.2) is 4.79 Å². The van der Waals surface area contributed by atoms with Crippen LogP contribution in [0.5, 0.6) is 0 Å². The molecule has 0 aromatic heterocycles. The molecular formula is C15H23N3O. The van der Waals surface area contributed by atoms with Crippen molar-refractivity contribution in [1.29, 1.82) is 0 Å². The van der Waals surface area contributed by atoms with Gasteiger partial charge in [0.1, 0.15) is 0 Å². The minimum absolute atomic E-state index is 0.0352. The van der Waals surface area contributed by atoms with Gasteiger partial charge in [0.15, 0.2) is 0 Å². The summed E-state index contributed by atoms with van der Waals surface area (Å²) in [6.07, 6.45) is 2.28. The summed E-state index contributed by atoms with van der Waals surface area (Å²) in [5.41, 5.74) is 9.52. The monoisotopic (exact) mass is 261 g/mol. The lowest BCUT2D eigenvalue weighted by Gasteiger charge is -2.31. The van der Waals surface area contributed by atoms with Crippen molar-refractivity contribution in [3.63, 3.8) is 0 Å². The Hall–Kier alpha value is -1.71. The first-order chi connectivity index (χ1) is 8.99. The number of aryl methyl sites for hydroxylation is 1. The van der Waals surface area contributed by atoms with Gasteiger partial charge in [0.05, 0.1) is 11.4 Å². The third-order valence-electron chi connectivity index (χ3n) is 3.94. The molecule has 4 nitrogen and oxygen atoms in total. The Morgan fingerprint density at radius 1 is 1.42 bits per heavy atom. The molecule has 1 saturated heterocycles. The van der Waals surface area contributed by atoms with E-state index in [1.165, 1.54) is 6.42 Å². The summed E-state index contributed by atoms with van der Waals surface area (Å²) in [4.78, 5) is 14.2. The van der Waals surface area contributed by atoms with Crippen LogP contribution >= 0.6 is 0 Å². The molecule has 104 valence electrons. The van der Waals surface area contributed by atoms with Gasteiger partial charge < -0.3 is 16.0 Å². The average Bonchev–Trinajstić information content (AvgIpc) is 2.39. The first-order valence-electron chi connectivity index (χ1n) is 6.90. The molecule has 19 heavy (non-hydrogen) atoms. The predicted octanol–water partition coefficient (Wildman–Crippen LogP) is 3.15. The van der Waals surface area contributed by atoms with Gasteiger partial charge in [-0.1, -0.05) is 13.0 Å². The number of nitrogens with one attached hydrogen (secondary N) is 1. The maximum atomic E-state index is 12.3. The number of rotatable bonds is 1. The zero-order chi connectivity index (χ0) is 14.0. The maximum Gasteiger partial charge on any atom is 0.321 e. The van der Waals surface area contributed by atoms with E-state index in [9.17, 15) is 4.79 Å². The quantitative estimate of drug-likeness (QED) is 0.763. The lowest BCUT2D eigenvalue weighted by molar-refractivity contribution is 0.182. The van der Waals surface area contributed by atoms with Crippen molar-refractivity contribution in [2.75, 3.05) is 24.1 Å². The number of urea groups is 1. The molecule has 0 bridgehead atoms. The topological polar surface area (TPSA) is 58.4 Å². The van der Waals surface area contributed by atoms with Crippen LogP contribution in [0.4, 0.5) is 16.2 Å². The number of nitrogens with zero attached hydrogens (tertiary/aromatic N) is 1. The predicted molar refractivity (Wildman–Crippen MR) is 79.3 cm³/mol. The molecular weight excluding hydrogens is 238 g/mol. The average molecular weight is 261 g/mol. The summed E-state index contributed by atoms with van der Waals surface area (Å²) in [5.74, 6) is 0.579. The number of benzene rings is 1. The van der Waals surface area contributed by atoms with Crippen LogP contribution in [0.25, 0.3) is 0 Å². The molecule has 0 spiro atoms. The van der Waals surface area contributed by atoms with Crippen LogP contribution in [0, 0.1) is 19.8 Å². The summed E-state index contributed by atoms with van der Waals surface area (Å²) in [7, 11) is 0. The zero-order valence-corrected chi connectivity index (χ0v) is 12.0. The fourth-order valence-corrected chi connectivity index (χ4v) is 2.56. The summed E-state index contributed by atoms with van der Waals surface area (Å²) >= 11 is 0. The number of nitrogen functional groups attached to an aromatic ring is 1. The second kappa shape index (κ2) is 5.51. The van der Waals surface area contributed by atoms with Crippen LogP contribution in [-0.2, 0) is 0 Å². The molecule has 2 rings (SSSR count). The van der Waals surface area contributed by atoms with E-state index in [0.29, 0.717) is 11.6 Å². The van der Waals surface area contributed by atoms with Crippen molar-refractivity contribution in [2.24, 2.45) is 5.92 Å². The van der Waals surface area contributed by atoms with E-state index in [4.69, 9.17) is 5.73 Å². The minimum atomic E-state index is -0.0352. The third-order valence-corrected chi connectivity index (χ3v) is 3.94. The number of nitrogens with two attached hydrogens (primary N) is 1. The fraction of sp³-hybridized carbons (Fsp3) is 0.533. The third kappa shape index (κ3) is 3.00. The molecule has 1 aromatic rings. The molecule has 1 aliphatic heterocycles. The second-order valence-electron chi connectivity index (χ2n) is 5.60. The molecule has 3 N–H and O–H groups in total. The van der Waals surface area contributed by atoms with E-state index in [-0.39, 0.29) is 6.03 Å². The first kappa shape index (κ1) is 13.7. The van der Waals surface area contributed by atoms with E-state index in [1.807, 2.05) is 30.9 Å². The van der Waals surface area contributed by atoms with E-state index >= 15 is 0 Å². The molecule has 0 saturated carbocycles. The van der Waals surface area contributed by atoms with Gasteiger partial charge in [0.2, 0.25) is 0 Å². The van der Waals surface area contributed by atoms with E-state index in [0.717, 1.165) is 36.3 Å². The molecule has 1 atom stereocenters. The Morgan fingerprint density at radius 3 is 2.84 bits per heavy atom. The number of amides is 2. The van der Waals surface area contributed by atoms with Crippen LogP contribution < -0.4 is 11.1 Å². The molecule has 1 aliphatic rings. The lowest BCUT2D eigenvalue weighted by Crippen LogP contribution is -2.41. The number of carbonyl (C=O) groups is 1. The van der Waals surface area contributed by atoms with Crippen LogP contribution in [0.3, 0.4) is 0 Å². The molecule has 0 aliphatic carbocycles. The highest BCUT2D eigenvalue weighted by atomic mass is 16.2. The normalized spacial score (nSPS) is 19.3. The van der Waals surface area contributed by atoms with E-state index in [2.05, 4.69) is 12.2 Å². The molecule has 1 fully saturated rings. The number of anilines is 2. The highest BCUT2D eigenvalue weighted by Gasteiger charge is 2.21. The lowest BCUT2D eigenvalue weighted by atomic mass is 10.0. The molecule has 2 amide bonds. The summed E-state index contributed by atoms with van der Waals surface area (Å²) in [5, 5.41) is 2.97. The minimum Gasteiger partial charge on any atom is -0.397 e. The summed E-state index contributed by atoms with van der Waals surface area (Å²) in [6.45, 7) is 7.86. The number of likely N-dealkylation sites (tertiary alicyclic amines) is 1. The molecule has 1 aromatic carbocycles. The Kier molecular flexibility index (Phi) is 3.98. The number of hydrogen-bond donors (Lipinski definition) is 2. The fourth-order valence-electron chi connectivity index (χ4n) is 2.56. The molecule has 0 radical (unpaired) electrons. The van der Waals surface area contributed by atoms with Gasteiger partial charge in [-0.2, -0.15) is 0 Å². The van der Waals surface area contributed by atoms with Crippen molar-refractivity contribution in [3.05, 3.63) is 23.3 Å². The number of carbonyl (C=O) groups excluding carboxylic acids is 1. The van der Waals surface area contributed by atoms with Crippen molar-refractivity contribution in [3.8, 4) is 0 Å². The number of hydrogen-bond acceptors (Lipinski definition) is 2.